The number of fused-ring (bicyclic) bond motifs is 3. The lowest BCUT2D eigenvalue weighted by atomic mass is 10.0. The summed E-state index contributed by atoms with van der Waals surface area (Å²) in [5.74, 6) is 0. The van der Waals surface area contributed by atoms with E-state index in [4.69, 9.17) is 0 Å². The molecule has 3 heterocycles. The Morgan fingerprint density at radius 2 is 1.62 bits per heavy atom. The van der Waals surface area contributed by atoms with Gasteiger partial charge in [0.1, 0.15) is 4.60 Å². The molecule has 164 valence electrons. The first-order valence-corrected chi connectivity index (χ1v) is 12.6. The summed E-state index contributed by atoms with van der Waals surface area (Å²) in [5.41, 5.74) is 4.17. The fraction of sp³-hybridized carbons (Fsp3) is 0.208. The van der Waals surface area contributed by atoms with Crippen LogP contribution in [0.4, 0.5) is 11.4 Å². The number of benzene rings is 2. The molecule has 1 aliphatic rings. The van der Waals surface area contributed by atoms with Crippen LogP contribution in [0.1, 0.15) is 13.8 Å². The van der Waals surface area contributed by atoms with Crippen LogP contribution in [0.5, 0.6) is 0 Å². The topological polar surface area (TPSA) is 58.4 Å². The molecule has 32 heavy (non-hydrogen) atoms. The van der Waals surface area contributed by atoms with E-state index in [1.807, 2.05) is 37.4 Å². The average molecular weight is 511 g/mol. The van der Waals surface area contributed by atoms with Crippen molar-refractivity contribution in [2.24, 2.45) is 0 Å². The fourth-order valence-corrected chi connectivity index (χ4v) is 6.86. The zero-order valence-corrected chi connectivity index (χ0v) is 20.4. The van der Waals surface area contributed by atoms with Gasteiger partial charge in [-0.05, 0) is 47.5 Å². The first-order valence-electron chi connectivity index (χ1n) is 10.4. The van der Waals surface area contributed by atoms with E-state index in [0.29, 0.717) is 10.3 Å². The van der Waals surface area contributed by atoms with Crippen LogP contribution in [0, 0.1) is 0 Å². The summed E-state index contributed by atoms with van der Waals surface area (Å²) in [6.45, 7) is 5.00. The van der Waals surface area contributed by atoms with Gasteiger partial charge in [-0.15, -0.1) is 0 Å². The third-order valence-corrected chi connectivity index (χ3v) is 8.56. The first kappa shape index (κ1) is 21.0. The molecule has 0 saturated carbocycles. The second-order valence-electron chi connectivity index (χ2n) is 8.21. The van der Waals surface area contributed by atoms with Gasteiger partial charge in [0, 0.05) is 18.7 Å². The van der Waals surface area contributed by atoms with E-state index >= 15 is 0 Å². The van der Waals surface area contributed by atoms with Gasteiger partial charge in [-0.2, -0.15) is 0 Å². The predicted octanol–water partition coefficient (Wildman–Crippen LogP) is 5.32. The standard InChI is InChI=1S/C24H23BrN4O2S/c1-16(2)28-15-27(3)19-14-26-24-21(22(19)28)20(17-10-6-4-7-11-17)23(25)29(24)32(30,31)18-12-8-5-9-13-18/h4-14,16H,15H2,1-3H3. The van der Waals surface area contributed by atoms with Crippen molar-refractivity contribution < 1.29 is 8.42 Å². The Hall–Kier alpha value is -2.84. The zero-order chi connectivity index (χ0) is 22.6. The van der Waals surface area contributed by atoms with E-state index < -0.39 is 10.0 Å². The maximum absolute atomic E-state index is 13.8. The van der Waals surface area contributed by atoms with Crippen molar-refractivity contribution in [3.05, 3.63) is 71.5 Å². The highest BCUT2D eigenvalue weighted by atomic mass is 79.9. The quantitative estimate of drug-likeness (QED) is 0.371. The molecule has 0 radical (unpaired) electrons. The van der Waals surface area contributed by atoms with Gasteiger partial charge in [0.2, 0.25) is 0 Å². The minimum absolute atomic E-state index is 0.220. The highest BCUT2D eigenvalue weighted by Gasteiger charge is 2.35. The number of hydrogen-bond acceptors (Lipinski definition) is 5. The minimum atomic E-state index is -3.88. The van der Waals surface area contributed by atoms with Crippen LogP contribution in [-0.4, -0.2) is 37.1 Å². The van der Waals surface area contributed by atoms with Crippen LogP contribution >= 0.6 is 15.9 Å². The number of pyridine rings is 1. The number of aromatic nitrogens is 2. The van der Waals surface area contributed by atoms with Crippen LogP contribution in [0.15, 0.2) is 76.4 Å². The Labute approximate surface area is 196 Å². The van der Waals surface area contributed by atoms with Gasteiger partial charge in [0.15, 0.2) is 5.65 Å². The highest BCUT2D eigenvalue weighted by Crippen LogP contribution is 2.49. The van der Waals surface area contributed by atoms with E-state index in [1.165, 1.54) is 3.97 Å². The van der Waals surface area contributed by atoms with Crippen molar-refractivity contribution in [1.29, 1.82) is 0 Å². The zero-order valence-electron chi connectivity index (χ0n) is 18.0. The van der Waals surface area contributed by atoms with Crippen LogP contribution in [-0.2, 0) is 10.0 Å². The van der Waals surface area contributed by atoms with Crippen LogP contribution in [0.3, 0.4) is 0 Å². The third-order valence-electron chi connectivity index (χ3n) is 5.87. The normalized spacial score (nSPS) is 13.9. The van der Waals surface area contributed by atoms with Gasteiger partial charge in [0.25, 0.3) is 10.0 Å². The van der Waals surface area contributed by atoms with Crippen molar-refractivity contribution in [2.45, 2.75) is 24.8 Å². The number of halogens is 1. The van der Waals surface area contributed by atoms with Gasteiger partial charge in [-0.1, -0.05) is 48.5 Å². The van der Waals surface area contributed by atoms with E-state index in [9.17, 15) is 8.42 Å². The molecule has 0 amide bonds. The Morgan fingerprint density at radius 3 is 2.25 bits per heavy atom. The van der Waals surface area contributed by atoms with Crippen molar-refractivity contribution in [3.63, 3.8) is 0 Å². The van der Waals surface area contributed by atoms with Gasteiger partial charge >= 0.3 is 0 Å². The van der Waals surface area contributed by atoms with E-state index in [0.717, 1.165) is 34.6 Å². The third kappa shape index (κ3) is 3.04. The summed E-state index contributed by atoms with van der Waals surface area (Å²) in [4.78, 5) is 9.34. The molecule has 1 aliphatic heterocycles. The molecule has 2 aromatic carbocycles. The molecule has 0 fully saturated rings. The predicted molar refractivity (Wildman–Crippen MR) is 133 cm³/mol. The molecule has 5 rings (SSSR count). The number of anilines is 2. The molecular formula is C24H23BrN4O2S. The molecule has 0 spiro atoms. The van der Waals surface area contributed by atoms with Crippen LogP contribution in [0.25, 0.3) is 22.2 Å². The summed E-state index contributed by atoms with van der Waals surface area (Å²) in [7, 11) is -1.85. The highest BCUT2D eigenvalue weighted by molar-refractivity contribution is 9.10. The maximum Gasteiger partial charge on any atom is 0.270 e. The van der Waals surface area contributed by atoms with Crippen LogP contribution < -0.4 is 9.80 Å². The molecule has 2 aromatic heterocycles. The largest absolute Gasteiger partial charge is 0.354 e. The lowest BCUT2D eigenvalue weighted by Gasteiger charge is -2.24. The van der Waals surface area contributed by atoms with Crippen molar-refractivity contribution >= 4 is 48.4 Å². The summed E-state index contributed by atoms with van der Waals surface area (Å²) in [5, 5.41) is 0.832. The maximum atomic E-state index is 13.8. The Kier molecular flexibility index (Phi) is 5.02. The molecule has 6 nitrogen and oxygen atoms in total. The molecule has 4 aromatic rings. The van der Waals surface area contributed by atoms with E-state index in [2.05, 4.69) is 44.6 Å². The summed E-state index contributed by atoms with van der Waals surface area (Å²) in [6.07, 6.45) is 1.78. The van der Waals surface area contributed by atoms with Crippen molar-refractivity contribution in [3.8, 4) is 11.1 Å². The van der Waals surface area contributed by atoms with Gasteiger partial charge < -0.3 is 9.80 Å². The minimum Gasteiger partial charge on any atom is -0.354 e. The smallest absolute Gasteiger partial charge is 0.270 e. The van der Waals surface area contributed by atoms with Gasteiger partial charge in [-0.25, -0.2) is 17.4 Å². The number of hydrogen-bond donors (Lipinski definition) is 0. The molecular weight excluding hydrogens is 488 g/mol. The lowest BCUT2D eigenvalue weighted by molar-refractivity contribution is 0.588. The average Bonchev–Trinajstić information content (AvgIpc) is 3.29. The Bertz CT molecular complexity index is 1420. The number of rotatable bonds is 4. The fourth-order valence-electron chi connectivity index (χ4n) is 4.32. The summed E-state index contributed by atoms with van der Waals surface area (Å²) in [6, 6.07) is 18.6. The molecule has 0 N–H and O–H groups in total. The molecule has 0 saturated heterocycles. The first-order chi connectivity index (χ1) is 15.3. The SMILES string of the molecule is CC(C)N1CN(C)c2cnc3c(c(-c4ccccc4)c(Br)n3S(=O)(=O)c3ccccc3)c21. The van der Waals surface area contributed by atoms with Gasteiger partial charge in [0.05, 0.1) is 34.5 Å². The molecule has 0 bridgehead atoms. The lowest BCUT2D eigenvalue weighted by Crippen LogP contribution is -2.33. The molecule has 0 aliphatic carbocycles. The second kappa shape index (κ2) is 7.64. The van der Waals surface area contributed by atoms with Crippen molar-refractivity contribution in [1.82, 2.24) is 8.96 Å². The van der Waals surface area contributed by atoms with Crippen LogP contribution in [0.2, 0.25) is 0 Å². The molecule has 0 unspecified atom stereocenters. The number of nitrogens with zero attached hydrogens (tertiary/aromatic N) is 4. The van der Waals surface area contributed by atoms with E-state index in [1.54, 1.807) is 36.5 Å². The summed E-state index contributed by atoms with van der Waals surface area (Å²) < 4.78 is 29.3. The van der Waals surface area contributed by atoms with E-state index in [-0.39, 0.29) is 10.9 Å². The Morgan fingerprint density at radius 1 is 1.00 bits per heavy atom. The second-order valence-corrected chi connectivity index (χ2v) is 10.7. The molecule has 0 atom stereocenters. The summed E-state index contributed by atoms with van der Waals surface area (Å²) >= 11 is 3.66. The monoisotopic (exact) mass is 510 g/mol. The Balaban J connectivity index is 1.94. The van der Waals surface area contributed by atoms with Gasteiger partial charge in [-0.3, -0.25) is 0 Å². The molecule has 8 heteroatoms. The van der Waals surface area contributed by atoms with Crippen molar-refractivity contribution in [2.75, 3.05) is 23.5 Å².